The lowest BCUT2D eigenvalue weighted by Gasteiger charge is -2.06. The van der Waals surface area contributed by atoms with Gasteiger partial charge in [0.05, 0.1) is 12.0 Å². The molecule has 0 aromatic heterocycles. The fourth-order valence-corrected chi connectivity index (χ4v) is 2.19. The Balaban J connectivity index is 1.93. The Kier molecular flexibility index (Phi) is 4.04. The van der Waals surface area contributed by atoms with Gasteiger partial charge < -0.3 is 4.84 Å². The Bertz CT molecular complexity index is 553. The van der Waals surface area contributed by atoms with E-state index in [4.69, 9.17) is 4.84 Å². The van der Waals surface area contributed by atoms with E-state index in [2.05, 4.69) is 25.3 Å². The zero-order valence-electron chi connectivity index (χ0n) is 9.67. The van der Waals surface area contributed by atoms with E-state index in [1.54, 1.807) is 0 Å². The van der Waals surface area contributed by atoms with Crippen molar-refractivity contribution in [3.8, 4) is 0 Å². The summed E-state index contributed by atoms with van der Waals surface area (Å²) in [6.07, 6.45) is 1.20. The van der Waals surface area contributed by atoms with E-state index in [0.29, 0.717) is 6.42 Å². The number of rotatable bonds is 4. The molecule has 5 nitrogen and oxygen atoms in total. The van der Waals surface area contributed by atoms with E-state index in [1.807, 2.05) is 24.3 Å². The highest BCUT2D eigenvalue weighted by atomic mass is 79.9. The van der Waals surface area contributed by atoms with Gasteiger partial charge in [-0.25, -0.2) is 0 Å². The molecule has 0 saturated carbocycles. The molecule has 0 aliphatic carbocycles. The van der Waals surface area contributed by atoms with Crippen LogP contribution in [0.1, 0.15) is 12.0 Å². The molecule has 1 heterocycles. The van der Waals surface area contributed by atoms with E-state index in [1.165, 1.54) is 0 Å². The van der Waals surface area contributed by atoms with Gasteiger partial charge in [0.1, 0.15) is 6.61 Å². The standard InChI is InChI=1S/C11H12BrNO4S/c1-18(14,15)16-7-10-6-11(13-17-10)8-2-4-9(12)5-3-8/h2-5,10H,6-7H2,1H3/t10-/m1/s1. The fraction of sp³-hybridized carbons (Fsp3) is 0.364. The Labute approximate surface area is 114 Å². The molecule has 2 rings (SSSR count). The number of benzene rings is 1. The second kappa shape index (κ2) is 5.38. The van der Waals surface area contributed by atoms with Crippen molar-refractivity contribution in [2.75, 3.05) is 12.9 Å². The Hall–Kier alpha value is -0.920. The van der Waals surface area contributed by atoms with Crippen LogP contribution in [0.3, 0.4) is 0 Å². The van der Waals surface area contributed by atoms with Crippen LogP contribution in [-0.2, 0) is 19.1 Å². The lowest BCUT2D eigenvalue weighted by molar-refractivity contribution is 0.0493. The van der Waals surface area contributed by atoms with E-state index in [-0.39, 0.29) is 12.7 Å². The van der Waals surface area contributed by atoms with Crippen LogP contribution in [0.2, 0.25) is 0 Å². The molecule has 0 radical (unpaired) electrons. The molecule has 1 atom stereocenters. The van der Waals surface area contributed by atoms with Crippen LogP contribution in [0, 0.1) is 0 Å². The largest absolute Gasteiger partial charge is 0.389 e. The second-order valence-corrected chi connectivity index (χ2v) is 6.52. The summed E-state index contributed by atoms with van der Waals surface area (Å²) in [4.78, 5) is 5.13. The predicted molar refractivity (Wildman–Crippen MR) is 71.0 cm³/mol. The van der Waals surface area contributed by atoms with Crippen molar-refractivity contribution in [3.63, 3.8) is 0 Å². The maximum Gasteiger partial charge on any atom is 0.264 e. The average molecular weight is 334 g/mol. The molecule has 0 unspecified atom stereocenters. The third-order valence-corrected chi connectivity index (χ3v) is 3.47. The van der Waals surface area contributed by atoms with Crippen LogP contribution in [0.5, 0.6) is 0 Å². The zero-order chi connectivity index (χ0) is 13.2. The summed E-state index contributed by atoms with van der Waals surface area (Å²) in [7, 11) is -3.44. The van der Waals surface area contributed by atoms with Crippen molar-refractivity contribution in [1.29, 1.82) is 0 Å². The van der Waals surface area contributed by atoms with Crippen LogP contribution in [-0.4, -0.2) is 33.1 Å². The maximum absolute atomic E-state index is 10.9. The van der Waals surface area contributed by atoms with Gasteiger partial charge in [-0.15, -0.1) is 0 Å². The van der Waals surface area contributed by atoms with Crippen molar-refractivity contribution >= 4 is 31.8 Å². The monoisotopic (exact) mass is 333 g/mol. The van der Waals surface area contributed by atoms with Crippen molar-refractivity contribution in [2.24, 2.45) is 5.16 Å². The van der Waals surface area contributed by atoms with E-state index in [9.17, 15) is 8.42 Å². The Morgan fingerprint density at radius 3 is 2.72 bits per heavy atom. The summed E-state index contributed by atoms with van der Waals surface area (Å²) in [5.41, 5.74) is 1.75. The third kappa shape index (κ3) is 3.79. The molecule has 0 N–H and O–H groups in total. The first-order valence-electron chi connectivity index (χ1n) is 5.27. The number of oxime groups is 1. The van der Waals surface area contributed by atoms with Crippen molar-refractivity contribution in [1.82, 2.24) is 0 Å². The third-order valence-electron chi connectivity index (χ3n) is 2.38. The second-order valence-electron chi connectivity index (χ2n) is 3.97. The topological polar surface area (TPSA) is 65.0 Å². The maximum atomic E-state index is 10.9. The van der Waals surface area contributed by atoms with Crippen LogP contribution >= 0.6 is 15.9 Å². The first-order chi connectivity index (χ1) is 8.44. The number of hydrogen-bond acceptors (Lipinski definition) is 5. The van der Waals surface area contributed by atoms with E-state index < -0.39 is 10.1 Å². The normalized spacial score (nSPS) is 19.4. The van der Waals surface area contributed by atoms with Crippen LogP contribution in [0.25, 0.3) is 0 Å². The van der Waals surface area contributed by atoms with Crippen LogP contribution in [0.15, 0.2) is 33.9 Å². The summed E-state index contributed by atoms with van der Waals surface area (Å²) in [6.45, 7) is -0.0115. The molecule has 18 heavy (non-hydrogen) atoms. The minimum Gasteiger partial charge on any atom is -0.389 e. The Morgan fingerprint density at radius 1 is 1.44 bits per heavy atom. The van der Waals surface area contributed by atoms with E-state index in [0.717, 1.165) is 22.0 Å². The summed E-state index contributed by atoms with van der Waals surface area (Å²) < 4.78 is 27.4. The van der Waals surface area contributed by atoms with E-state index >= 15 is 0 Å². The number of hydrogen-bond donors (Lipinski definition) is 0. The zero-order valence-corrected chi connectivity index (χ0v) is 12.1. The first-order valence-corrected chi connectivity index (χ1v) is 7.88. The molecule has 0 bridgehead atoms. The smallest absolute Gasteiger partial charge is 0.264 e. The first kappa shape index (κ1) is 13.5. The molecule has 0 amide bonds. The molecule has 0 saturated heterocycles. The molecule has 1 aromatic rings. The molecule has 0 spiro atoms. The molecular formula is C11H12BrNO4S. The van der Waals surface area contributed by atoms with Crippen LogP contribution in [0.4, 0.5) is 0 Å². The number of nitrogens with zero attached hydrogens (tertiary/aromatic N) is 1. The summed E-state index contributed by atoms with van der Waals surface area (Å²) in [5.74, 6) is 0. The molecule has 0 fully saturated rings. The van der Waals surface area contributed by atoms with Crippen molar-refractivity contribution in [2.45, 2.75) is 12.5 Å². The fourth-order valence-electron chi connectivity index (χ4n) is 1.53. The summed E-state index contributed by atoms with van der Waals surface area (Å²) in [5, 5.41) is 3.94. The average Bonchev–Trinajstić information content (AvgIpc) is 2.75. The van der Waals surface area contributed by atoms with Crippen LogP contribution < -0.4 is 0 Å². The van der Waals surface area contributed by atoms with Gasteiger partial charge in [0.25, 0.3) is 10.1 Å². The predicted octanol–water partition coefficient (Wildman–Crippen LogP) is 1.92. The van der Waals surface area contributed by atoms with Gasteiger partial charge in [-0.1, -0.05) is 33.2 Å². The molecular weight excluding hydrogens is 322 g/mol. The van der Waals surface area contributed by atoms with Crippen molar-refractivity contribution in [3.05, 3.63) is 34.3 Å². The van der Waals surface area contributed by atoms with Gasteiger partial charge in [0, 0.05) is 10.9 Å². The highest BCUT2D eigenvalue weighted by molar-refractivity contribution is 9.10. The molecule has 7 heteroatoms. The lowest BCUT2D eigenvalue weighted by Crippen LogP contribution is -2.18. The molecule has 1 aromatic carbocycles. The van der Waals surface area contributed by atoms with Gasteiger partial charge in [-0.3, -0.25) is 4.18 Å². The summed E-state index contributed by atoms with van der Waals surface area (Å²) in [6, 6.07) is 7.68. The van der Waals surface area contributed by atoms with Crippen molar-refractivity contribution < 1.29 is 17.4 Å². The van der Waals surface area contributed by atoms with Gasteiger partial charge in [0.2, 0.25) is 0 Å². The van der Waals surface area contributed by atoms with Gasteiger partial charge in [0.15, 0.2) is 6.10 Å². The number of halogens is 1. The molecule has 1 aliphatic rings. The lowest BCUT2D eigenvalue weighted by atomic mass is 10.1. The highest BCUT2D eigenvalue weighted by Crippen LogP contribution is 2.19. The summed E-state index contributed by atoms with van der Waals surface area (Å²) >= 11 is 3.35. The quantitative estimate of drug-likeness (QED) is 0.789. The SMILES string of the molecule is CS(=O)(=O)OC[C@H]1CC(c2ccc(Br)cc2)=NO1. The molecule has 98 valence electrons. The molecule has 1 aliphatic heterocycles. The minimum absolute atomic E-state index is 0.0115. The van der Waals surface area contributed by atoms with Gasteiger partial charge in [-0.2, -0.15) is 8.42 Å². The highest BCUT2D eigenvalue weighted by Gasteiger charge is 2.23. The Morgan fingerprint density at radius 2 is 2.11 bits per heavy atom. The van der Waals surface area contributed by atoms with Gasteiger partial charge in [-0.05, 0) is 17.7 Å². The van der Waals surface area contributed by atoms with Gasteiger partial charge >= 0.3 is 0 Å². The minimum atomic E-state index is -3.44.